The molecule has 3 heterocycles. The van der Waals surface area contributed by atoms with Gasteiger partial charge in [-0.1, -0.05) is 0 Å². The van der Waals surface area contributed by atoms with Crippen LogP contribution in [-0.4, -0.2) is 38.8 Å². The number of piperidine rings is 1. The zero-order valence-corrected chi connectivity index (χ0v) is 13.0. The standard InChI is InChI=1S/C15H20N4OS/c1-11-13(21-10-18-11)4-5-14(20)19-8-2-3-12(9-19)15-16-6-7-17-15/h6-7,10,12H,2-5,8-9H2,1H3,(H,16,17). The van der Waals surface area contributed by atoms with Gasteiger partial charge < -0.3 is 9.88 Å². The van der Waals surface area contributed by atoms with E-state index in [4.69, 9.17) is 0 Å². The first kappa shape index (κ1) is 14.3. The highest BCUT2D eigenvalue weighted by Gasteiger charge is 2.25. The van der Waals surface area contributed by atoms with E-state index in [0.29, 0.717) is 12.3 Å². The Kier molecular flexibility index (Phi) is 4.34. The maximum Gasteiger partial charge on any atom is 0.222 e. The van der Waals surface area contributed by atoms with E-state index < -0.39 is 0 Å². The summed E-state index contributed by atoms with van der Waals surface area (Å²) in [6.07, 6.45) is 7.17. The molecule has 1 aliphatic heterocycles. The van der Waals surface area contributed by atoms with E-state index in [1.165, 1.54) is 4.88 Å². The minimum atomic E-state index is 0.249. The van der Waals surface area contributed by atoms with Crippen molar-refractivity contribution in [3.8, 4) is 0 Å². The molecule has 112 valence electrons. The van der Waals surface area contributed by atoms with E-state index in [1.54, 1.807) is 17.5 Å². The zero-order chi connectivity index (χ0) is 14.7. The van der Waals surface area contributed by atoms with E-state index in [2.05, 4.69) is 15.0 Å². The summed E-state index contributed by atoms with van der Waals surface area (Å²) in [6.45, 7) is 3.66. The second kappa shape index (κ2) is 6.39. The second-order valence-electron chi connectivity index (χ2n) is 5.51. The number of hydrogen-bond donors (Lipinski definition) is 1. The lowest BCUT2D eigenvalue weighted by Crippen LogP contribution is -2.39. The number of imidazole rings is 1. The lowest BCUT2D eigenvalue weighted by atomic mass is 9.97. The largest absolute Gasteiger partial charge is 0.348 e. The first-order chi connectivity index (χ1) is 10.2. The highest BCUT2D eigenvalue weighted by atomic mass is 32.1. The van der Waals surface area contributed by atoms with E-state index in [1.807, 2.05) is 23.5 Å². The van der Waals surface area contributed by atoms with E-state index in [-0.39, 0.29) is 5.91 Å². The monoisotopic (exact) mass is 304 g/mol. The Morgan fingerprint density at radius 2 is 2.43 bits per heavy atom. The number of aromatic amines is 1. The normalized spacial score (nSPS) is 18.9. The van der Waals surface area contributed by atoms with Crippen LogP contribution in [0.15, 0.2) is 17.9 Å². The molecule has 1 unspecified atom stereocenters. The summed E-state index contributed by atoms with van der Waals surface area (Å²) in [5.41, 5.74) is 2.91. The summed E-state index contributed by atoms with van der Waals surface area (Å²) in [7, 11) is 0. The Bertz CT molecular complexity index is 593. The first-order valence-corrected chi connectivity index (χ1v) is 8.28. The second-order valence-corrected chi connectivity index (χ2v) is 6.45. The zero-order valence-electron chi connectivity index (χ0n) is 12.2. The van der Waals surface area contributed by atoms with Crippen LogP contribution in [0.3, 0.4) is 0 Å². The van der Waals surface area contributed by atoms with Gasteiger partial charge in [-0.25, -0.2) is 9.97 Å². The molecule has 0 aromatic carbocycles. The molecule has 1 aliphatic rings. The molecule has 1 N–H and O–H groups in total. The molecule has 2 aromatic rings. The third-order valence-corrected chi connectivity index (χ3v) is 5.09. The van der Waals surface area contributed by atoms with Crippen molar-refractivity contribution < 1.29 is 4.79 Å². The van der Waals surface area contributed by atoms with Crippen molar-refractivity contribution >= 4 is 17.2 Å². The number of hydrogen-bond acceptors (Lipinski definition) is 4. The average molecular weight is 304 g/mol. The maximum absolute atomic E-state index is 12.4. The van der Waals surface area contributed by atoms with Crippen LogP contribution in [-0.2, 0) is 11.2 Å². The van der Waals surface area contributed by atoms with Gasteiger partial charge in [-0.2, -0.15) is 0 Å². The molecule has 0 spiro atoms. The Morgan fingerprint density at radius 3 is 3.14 bits per heavy atom. The average Bonchev–Trinajstić information content (AvgIpc) is 3.16. The van der Waals surface area contributed by atoms with E-state index in [0.717, 1.165) is 43.9 Å². The molecule has 1 saturated heterocycles. The molecule has 0 radical (unpaired) electrons. The molecule has 3 rings (SSSR count). The number of amides is 1. The molecular weight excluding hydrogens is 284 g/mol. The van der Waals surface area contributed by atoms with Crippen LogP contribution in [0.2, 0.25) is 0 Å². The van der Waals surface area contributed by atoms with E-state index in [9.17, 15) is 4.79 Å². The van der Waals surface area contributed by atoms with Gasteiger partial charge in [-0.3, -0.25) is 4.79 Å². The third kappa shape index (κ3) is 3.32. The quantitative estimate of drug-likeness (QED) is 0.944. The number of carbonyl (C=O) groups excluding carboxylic acids is 1. The number of carbonyl (C=O) groups is 1. The summed E-state index contributed by atoms with van der Waals surface area (Å²) in [6, 6.07) is 0. The van der Waals surface area contributed by atoms with Gasteiger partial charge in [0.2, 0.25) is 5.91 Å². The number of thiazole rings is 1. The molecule has 1 amide bonds. The minimum Gasteiger partial charge on any atom is -0.348 e. The van der Waals surface area contributed by atoms with Gasteiger partial charge in [0.15, 0.2) is 0 Å². The fraction of sp³-hybridized carbons (Fsp3) is 0.533. The SMILES string of the molecule is Cc1ncsc1CCC(=O)N1CCCC(c2ncc[nH]2)C1. The number of nitrogens with one attached hydrogen (secondary N) is 1. The van der Waals surface area contributed by atoms with Gasteiger partial charge in [-0.15, -0.1) is 11.3 Å². The van der Waals surface area contributed by atoms with Crippen LogP contribution in [0.4, 0.5) is 0 Å². The molecule has 0 bridgehead atoms. The Hall–Kier alpha value is -1.69. The van der Waals surface area contributed by atoms with Gasteiger partial charge in [0.1, 0.15) is 5.82 Å². The fourth-order valence-electron chi connectivity index (χ4n) is 2.87. The van der Waals surface area contributed by atoms with Crippen molar-refractivity contribution in [3.63, 3.8) is 0 Å². The lowest BCUT2D eigenvalue weighted by Gasteiger charge is -2.32. The summed E-state index contributed by atoms with van der Waals surface area (Å²) in [5, 5.41) is 0. The van der Waals surface area contributed by atoms with Crippen LogP contribution in [0, 0.1) is 6.92 Å². The molecule has 5 nitrogen and oxygen atoms in total. The molecule has 1 fully saturated rings. The molecule has 21 heavy (non-hydrogen) atoms. The fourth-order valence-corrected chi connectivity index (χ4v) is 3.65. The summed E-state index contributed by atoms with van der Waals surface area (Å²) >= 11 is 1.64. The number of aryl methyl sites for hydroxylation is 2. The Labute approximate surface area is 128 Å². The van der Waals surface area contributed by atoms with Crippen LogP contribution < -0.4 is 0 Å². The van der Waals surface area contributed by atoms with Gasteiger partial charge in [0.25, 0.3) is 0 Å². The van der Waals surface area contributed by atoms with Gasteiger partial charge in [-0.05, 0) is 26.2 Å². The number of H-pyrrole nitrogens is 1. The predicted molar refractivity (Wildman–Crippen MR) is 82.3 cm³/mol. The predicted octanol–water partition coefficient (Wildman–Crippen LogP) is 2.51. The summed E-state index contributed by atoms with van der Waals surface area (Å²) in [5.74, 6) is 1.60. The number of aromatic nitrogens is 3. The minimum absolute atomic E-state index is 0.249. The lowest BCUT2D eigenvalue weighted by molar-refractivity contribution is -0.132. The Balaban J connectivity index is 1.56. The number of nitrogens with zero attached hydrogens (tertiary/aromatic N) is 3. The van der Waals surface area contributed by atoms with Crippen molar-refractivity contribution in [1.29, 1.82) is 0 Å². The first-order valence-electron chi connectivity index (χ1n) is 7.40. The molecule has 1 atom stereocenters. The molecule has 0 aliphatic carbocycles. The van der Waals surface area contributed by atoms with Crippen LogP contribution in [0.25, 0.3) is 0 Å². The molecule has 6 heteroatoms. The highest BCUT2D eigenvalue weighted by Crippen LogP contribution is 2.25. The summed E-state index contributed by atoms with van der Waals surface area (Å²) in [4.78, 5) is 27.4. The smallest absolute Gasteiger partial charge is 0.222 e. The van der Waals surface area contributed by atoms with Crippen LogP contribution >= 0.6 is 11.3 Å². The number of likely N-dealkylation sites (tertiary alicyclic amines) is 1. The number of rotatable bonds is 4. The van der Waals surface area contributed by atoms with Crippen molar-refractivity contribution in [2.45, 2.75) is 38.5 Å². The van der Waals surface area contributed by atoms with E-state index >= 15 is 0 Å². The van der Waals surface area contributed by atoms with Gasteiger partial charge in [0.05, 0.1) is 11.2 Å². The molecule has 2 aromatic heterocycles. The topological polar surface area (TPSA) is 61.9 Å². The van der Waals surface area contributed by atoms with Crippen molar-refractivity contribution in [2.75, 3.05) is 13.1 Å². The third-order valence-electron chi connectivity index (χ3n) is 4.09. The summed E-state index contributed by atoms with van der Waals surface area (Å²) < 4.78 is 0. The van der Waals surface area contributed by atoms with Crippen molar-refractivity contribution in [1.82, 2.24) is 19.9 Å². The van der Waals surface area contributed by atoms with Gasteiger partial charge in [0, 0.05) is 42.7 Å². The Morgan fingerprint density at radius 1 is 1.52 bits per heavy atom. The van der Waals surface area contributed by atoms with Crippen LogP contribution in [0.5, 0.6) is 0 Å². The molecular formula is C15H20N4OS. The maximum atomic E-state index is 12.4. The molecule has 0 saturated carbocycles. The highest BCUT2D eigenvalue weighted by molar-refractivity contribution is 7.09. The van der Waals surface area contributed by atoms with Crippen LogP contribution in [0.1, 0.15) is 41.6 Å². The van der Waals surface area contributed by atoms with Crippen molar-refractivity contribution in [3.05, 3.63) is 34.3 Å². The van der Waals surface area contributed by atoms with Crippen molar-refractivity contribution in [2.24, 2.45) is 0 Å². The van der Waals surface area contributed by atoms with Gasteiger partial charge >= 0.3 is 0 Å².